The zero-order chi connectivity index (χ0) is 14.1. The van der Waals surface area contributed by atoms with E-state index in [0.717, 1.165) is 5.01 Å². The molecule has 1 aromatic heterocycles. The molecule has 0 radical (unpaired) electrons. The van der Waals surface area contributed by atoms with Crippen LogP contribution in [0.3, 0.4) is 0 Å². The number of hydrogen-bond donors (Lipinski definition) is 1. The summed E-state index contributed by atoms with van der Waals surface area (Å²) in [5.41, 5.74) is 2.75. The molecular formula is C14H13N3O3. The number of imide groups is 1. The maximum absolute atomic E-state index is 12.2. The molecule has 3 rings (SSSR count). The van der Waals surface area contributed by atoms with Crippen molar-refractivity contribution < 1.29 is 14.4 Å². The maximum atomic E-state index is 12.2. The smallest absolute Gasteiger partial charge is 0.270 e. The van der Waals surface area contributed by atoms with Crippen molar-refractivity contribution in [1.29, 1.82) is 0 Å². The molecule has 1 saturated heterocycles. The molecule has 1 aliphatic carbocycles. The van der Waals surface area contributed by atoms with Crippen molar-refractivity contribution in [2.24, 2.45) is 11.8 Å². The standard InChI is InChI=1S/C14H13N3O3/c18-12(9-5-7-15-8-6-9)16-17-13(19)10-3-1-2-4-11(10)14(17)20/h1-2,5-8,10-11H,3-4H2,(H,16,18)/t10-,11-/m1/s1. The van der Waals surface area contributed by atoms with Crippen LogP contribution in [-0.2, 0) is 9.59 Å². The van der Waals surface area contributed by atoms with Gasteiger partial charge < -0.3 is 0 Å². The summed E-state index contributed by atoms with van der Waals surface area (Å²) in [6, 6.07) is 3.05. The molecule has 2 atom stereocenters. The highest BCUT2D eigenvalue weighted by Gasteiger charge is 2.48. The normalized spacial score (nSPS) is 24.7. The Bertz CT molecular complexity index is 571. The van der Waals surface area contributed by atoms with Crippen LogP contribution in [0.5, 0.6) is 0 Å². The summed E-state index contributed by atoms with van der Waals surface area (Å²) in [5, 5.41) is 0.866. The van der Waals surface area contributed by atoms with E-state index in [2.05, 4.69) is 10.4 Å². The van der Waals surface area contributed by atoms with Crippen LogP contribution < -0.4 is 5.43 Å². The molecule has 2 heterocycles. The molecule has 1 aliphatic heterocycles. The van der Waals surface area contributed by atoms with Crippen molar-refractivity contribution in [3.05, 3.63) is 42.2 Å². The number of pyridine rings is 1. The summed E-state index contributed by atoms with van der Waals surface area (Å²) < 4.78 is 0. The first-order valence-corrected chi connectivity index (χ1v) is 6.42. The third-order valence-corrected chi connectivity index (χ3v) is 3.66. The number of carbonyl (C=O) groups excluding carboxylic acids is 3. The predicted molar refractivity (Wildman–Crippen MR) is 68.9 cm³/mol. The fourth-order valence-electron chi connectivity index (χ4n) is 2.58. The van der Waals surface area contributed by atoms with E-state index in [1.54, 1.807) is 0 Å². The molecule has 0 unspecified atom stereocenters. The van der Waals surface area contributed by atoms with Gasteiger partial charge in [0.2, 0.25) is 0 Å². The van der Waals surface area contributed by atoms with Gasteiger partial charge in [0.15, 0.2) is 0 Å². The zero-order valence-corrected chi connectivity index (χ0v) is 10.7. The van der Waals surface area contributed by atoms with Crippen LogP contribution in [0.1, 0.15) is 23.2 Å². The van der Waals surface area contributed by atoms with E-state index in [1.165, 1.54) is 24.5 Å². The van der Waals surface area contributed by atoms with Crippen LogP contribution in [-0.4, -0.2) is 27.7 Å². The molecule has 102 valence electrons. The van der Waals surface area contributed by atoms with Gasteiger partial charge in [-0.05, 0) is 25.0 Å². The van der Waals surface area contributed by atoms with Crippen molar-refractivity contribution in [3.63, 3.8) is 0 Å². The summed E-state index contributed by atoms with van der Waals surface area (Å²) in [4.78, 5) is 40.1. The molecule has 1 aromatic rings. The molecule has 2 aliphatic rings. The van der Waals surface area contributed by atoms with Gasteiger partial charge in [0.1, 0.15) is 0 Å². The molecule has 20 heavy (non-hydrogen) atoms. The first-order valence-electron chi connectivity index (χ1n) is 6.42. The van der Waals surface area contributed by atoms with Crippen LogP contribution in [0.2, 0.25) is 0 Å². The van der Waals surface area contributed by atoms with Gasteiger partial charge in [-0.25, -0.2) is 0 Å². The van der Waals surface area contributed by atoms with Crippen LogP contribution in [0, 0.1) is 11.8 Å². The van der Waals surface area contributed by atoms with E-state index in [0.29, 0.717) is 18.4 Å². The first kappa shape index (κ1) is 12.5. The van der Waals surface area contributed by atoms with E-state index < -0.39 is 5.91 Å². The second-order valence-corrected chi connectivity index (χ2v) is 4.84. The lowest BCUT2D eigenvalue weighted by molar-refractivity contribution is -0.142. The Balaban J connectivity index is 1.77. The highest BCUT2D eigenvalue weighted by molar-refractivity contribution is 6.07. The van der Waals surface area contributed by atoms with E-state index in [9.17, 15) is 14.4 Å². The summed E-state index contributed by atoms with van der Waals surface area (Å²) >= 11 is 0. The first-order chi connectivity index (χ1) is 9.68. The Kier molecular flexibility index (Phi) is 3.06. The molecule has 1 fully saturated rings. The number of fused-ring (bicyclic) bond motifs is 1. The van der Waals surface area contributed by atoms with E-state index in [-0.39, 0.29) is 23.7 Å². The molecule has 3 amide bonds. The summed E-state index contributed by atoms with van der Waals surface area (Å²) in [6.07, 6.45) is 7.87. The number of rotatable bonds is 2. The van der Waals surface area contributed by atoms with Gasteiger partial charge in [0.05, 0.1) is 11.8 Å². The minimum Gasteiger partial charge on any atom is -0.272 e. The molecule has 6 heteroatoms. The second-order valence-electron chi connectivity index (χ2n) is 4.84. The number of aromatic nitrogens is 1. The van der Waals surface area contributed by atoms with Gasteiger partial charge >= 0.3 is 0 Å². The van der Waals surface area contributed by atoms with Crippen molar-refractivity contribution in [2.45, 2.75) is 12.8 Å². The van der Waals surface area contributed by atoms with E-state index in [1.807, 2.05) is 12.2 Å². The lowest BCUT2D eigenvalue weighted by Gasteiger charge is -2.15. The minimum absolute atomic E-state index is 0.327. The zero-order valence-electron chi connectivity index (χ0n) is 10.7. The van der Waals surface area contributed by atoms with Crippen LogP contribution in [0.15, 0.2) is 36.7 Å². The number of nitrogens with one attached hydrogen (secondary N) is 1. The molecule has 6 nitrogen and oxygen atoms in total. The lowest BCUT2D eigenvalue weighted by Crippen LogP contribution is -2.46. The van der Waals surface area contributed by atoms with E-state index >= 15 is 0 Å². The van der Waals surface area contributed by atoms with Crippen LogP contribution in [0.25, 0.3) is 0 Å². The van der Waals surface area contributed by atoms with Crippen molar-refractivity contribution in [3.8, 4) is 0 Å². The number of nitrogens with zero attached hydrogens (tertiary/aromatic N) is 2. The SMILES string of the molecule is O=C(NN1C(=O)[C@@H]2CC=CC[C@H]2C1=O)c1ccncc1. The Morgan fingerprint density at radius 2 is 1.65 bits per heavy atom. The molecule has 0 saturated carbocycles. The highest BCUT2D eigenvalue weighted by atomic mass is 16.2. The summed E-state index contributed by atoms with van der Waals surface area (Å²) in [7, 11) is 0. The minimum atomic E-state index is -0.485. The number of allylic oxidation sites excluding steroid dienone is 2. The molecule has 0 aromatic carbocycles. The van der Waals surface area contributed by atoms with Crippen LogP contribution >= 0.6 is 0 Å². The lowest BCUT2D eigenvalue weighted by atomic mass is 9.85. The average molecular weight is 271 g/mol. The van der Waals surface area contributed by atoms with E-state index in [4.69, 9.17) is 0 Å². The maximum Gasteiger partial charge on any atom is 0.270 e. The Morgan fingerprint density at radius 1 is 1.10 bits per heavy atom. The summed E-state index contributed by atoms with van der Waals surface area (Å²) in [6.45, 7) is 0. The monoisotopic (exact) mass is 271 g/mol. The molecule has 1 N–H and O–H groups in total. The Labute approximate surface area is 115 Å². The number of amides is 3. The van der Waals surface area contributed by atoms with Crippen LogP contribution in [0.4, 0.5) is 0 Å². The molecule has 0 bridgehead atoms. The fourth-order valence-corrected chi connectivity index (χ4v) is 2.58. The average Bonchev–Trinajstić information content (AvgIpc) is 2.74. The van der Waals surface area contributed by atoms with Gasteiger partial charge in [0, 0.05) is 18.0 Å². The van der Waals surface area contributed by atoms with Gasteiger partial charge in [-0.3, -0.25) is 24.8 Å². The topological polar surface area (TPSA) is 79.4 Å². The fraction of sp³-hybridized carbons (Fsp3) is 0.286. The quantitative estimate of drug-likeness (QED) is 0.633. The molecule has 0 spiro atoms. The second kappa shape index (κ2) is 4.88. The van der Waals surface area contributed by atoms with Gasteiger partial charge in [-0.2, -0.15) is 5.01 Å². The largest absolute Gasteiger partial charge is 0.272 e. The third-order valence-electron chi connectivity index (χ3n) is 3.66. The molecular weight excluding hydrogens is 258 g/mol. The van der Waals surface area contributed by atoms with Crippen molar-refractivity contribution in [1.82, 2.24) is 15.4 Å². The van der Waals surface area contributed by atoms with Gasteiger partial charge in [-0.1, -0.05) is 12.2 Å². The number of hydrazine groups is 1. The summed E-state index contributed by atoms with van der Waals surface area (Å²) in [5.74, 6) is -1.82. The number of carbonyl (C=O) groups is 3. The van der Waals surface area contributed by atoms with Gasteiger partial charge in [-0.15, -0.1) is 0 Å². The number of hydrogen-bond acceptors (Lipinski definition) is 4. The van der Waals surface area contributed by atoms with Crippen molar-refractivity contribution >= 4 is 17.7 Å². The highest BCUT2D eigenvalue weighted by Crippen LogP contribution is 2.34. The van der Waals surface area contributed by atoms with Crippen molar-refractivity contribution in [2.75, 3.05) is 0 Å². The third kappa shape index (κ3) is 1.99. The predicted octanol–water partition coefficient (Wildman–Crippen LogP) is 0.678. The Morgan fingerprint density at radius 3 is 2.20 bits per heavy atom. The Hall–Kier alpha value is -2.50. The van der Waals surface area contributed by atoms with Gasteiger partial charge in [0.25, 0.3) is 17.7 Å².